The summed E-state index contributed by atoms with van der Waals surface area (Å²) in [4.78, 5) is 21.6. The predicted molar refractivity (Wildman–Crippen MR) is 140 cm³/mol. The smallest absolute Gasteiger partial charge is 0.421 e. The van der Waals surface area contributed by atoms with Crippen molar-refractivity contribution in [2.45, 2.75) is 40.1 Å². The normalized spacial score (nSPS) is 11.7. The number of rotatable bonds is 6. The molecule has 1 aromatic carbocycles. The molecule has 4 heterocycles. The first-order chi connectivity index (χ1) is 18.1. The van der Waals surface area contributed by atoms with Gasteiger partial charge in [0.15, 0.2) is 0 Å². The van der Waals surface area contributed by atoms with Crippen molar-refractivity contribution in [3.8, 4) is 17.0 Å². The molecule has 5 rings (SSSR count). The van der Waals surface area contributed by atoms with Crippen molar-refractivity contribution in [3.63, 3.8) is 0 Å². The Morgan fingerprint density at radius 1 is 1.05 bits per heavy atom. The van der Waals surface area contributed by atoms with Crippen molar-refractivity contribution in [2.75, 3.05) is 0 Å². The molecule has 0 N–H and O–H groups in total. The highest BCUT2D eigenvalue weighted by molar-refractivity contribution is 7.04. The van der Waals surface area contributed by atoms with Crippen LogP contribution < -0.4 is 10.3 Å². The van der Waals surface area contributed by atoms with E-state index in [1.165, 1.54) is 23.8 Å². The Bertz CT molecular complexity index is 1710. The lowest BCUT2D eigenvalue weighted by Gasteiger charge is -2.16. The molecule has 0 aliphatic carbocycles. The summed E-state index contributed by atoms with van der Waals surface area (Å²) in [5.74, 6) is 0.561. The van der Waals surface area contributed by atoms with Crippen LogP contribution in [0.15, 0.2) is 65.0 Å². The monoisotopic (exact) mass is 536 g/mol. The van der Waals surface area contributed by atoms with Crippen molar-refractivity contribution >= 4 is 22.4 Å². The first-order valence-electron chi connectivity index (χ1n) is 11.8. The van der Waals surface area contributed by atoms with Gasteiger partial charge in [-0.3, -0.25) is 9.78 Å². The molecule has 0 amide bonds. The molecule has 0 fully saturated rings. The quantitative estimate of drug-likeness (QED) is 0.248. The second-order valence-corrected chi connectivity index (χ2v) is 9.63. The molecule has 10 heteroatoms. The van der Waals surface area contributed by atoms with Gasteiger partial charge in [0, 0.05) is 40.0 Å². The average Bonchev–Trinajstić information content (AvgIpc) is 3.29. The molecule has 5 aromatic rings. The van der Waals surface area contributed by atoms with Crippen LogP contribution in [0.4, 0.5) is 13.2 Å². The van der Waals surface area contributed by atoms with Crippen LogP contribution in [0.2, 0.25) is 0 Å². The number of aromatic nitrogens is 4. The zero-order valence-electron chi connectivity index (χ0n) is 20.8. The number of benzene rings is 1. The van der Waals surface area contributed by atoms with Crippen LogP contribution in [0.1, 0.15) is 33.6 Å². The third kappa shape index (κ3) is 4.91. The van der Waals surface area contributed by atoms with E-state index in [4.69, 9.17) is 9.72 Å². The fourth-order valence-electron chi connectivity index (χ4n) is 4.38. The maximum atomic E-state index is 13.3. The highest BCUT2D eigenvalue weighted by atomic mass is 32.1. The topological polar surface area (TPSA) is 69.9 Å². The molecule has 4 aromatic heterocycles. The number of fused-ring (bicyclic) bond motifs is 1. The number of alkyl halides is 3. The lowest BCUT2D eigenvalue weighted by Crippen LogP contribution is -2.29. The van der Waals surface area contributed by atoms with Crippen LogP contribution in [-0.4, -0.2) is 18.9 Å². The number of ether oxygens (including phenoxy) is 1. The van der Waals surface area contributed by atoms with E-state index in [1.807, 2.05) is 50.4 Å². The predicted octanol–water partition coefficient (Wildman–Crippen LogP) is 6.49. The lowest BCUT2D eigenvalue weighted by molar-refractivity contribution is -0.138. The fraction of sp³-hybridized carbons (Fsp3) is 0.214. The standard InChI is InChI=1S/C28H23F3N4O2S/c1-16-9-10-32-23(13-35-11-5-7-22(27(35)36)28(29,30)31)21(16)14-37-24-8-4-6-19-20(12-18(3)33-26(19)24)25-17(2)15-38-34-25/h4-12,15H,13-14H2,1-3H3. The number of aryl methyl sites for hydroxylation is 3. The van der Waals surface area contributed by atoms with E-state index >= 15 is 0 Å². The van der Waals surface area contributed by atoms with Gasteiger partial charge < -0.3 is 9.30 Å². The minimum absolute atomic E-state index is 0.0997. The van der Waals surface area contributed by atoms with E-state index in [-0.39, 0.29) is 13.2 Å². The van der Waals surface area contributed by atoms with Gasteiger partial charge in [0.05, 0.1) is 17.9 Å². The third-order valence-corrected chi connectivity index (χ3v) is 7.08. The molecule has 0 bridgehead atoms. The summed E-state index contributed by atoms with van der Waals surface area (Å²) < 4.78 is 51.6. The molecule has 0 unspecified atom stereocenters. The van der Waals surface area contributed by atoms with Gasteiger partial charge in [0.1, 0.15) is 23.4 Å². The molecule has 6 nitrogen and oxygen atoms in total. The van der Waals surface area contributed by atoms with Crippen molar-refractivity contribution in [1.29, 1.82) is 0 Å². The summed E-state index contributed by atoms with van der Waals surface area (Å²) in [7, 11) is 0. The Labute approximate surface area is 220 Å². The SMILES string of the molecule is Cc1cc(-c2nscc2C)c2cccc(OCc3c(C)ccnc3Cn3cccc(C(F)(F)F)c3=O)c2n1. The molecule has 0 radical (unpaired) electrons. The van der Waals surface area contributed by atoms with Gasteiger partial charge in [-0.15, -0.1) is 0 Å². The highest BCUT2D eigenvalue weighted by Crippen LogP contribution is 2.35. The number of pyridine rings is 3. The van der Waals surface area contributed by atoms with Crippen LogP contribution in [0.25, 0.3) is 22.2 Å². The van der Waals surface area contributed by atoms with Crippen LogP contribution >= 0.6 is 11.5 Å². The molecule has 0 saturated heterocycles. The van der Waals surface area contributed by atoms with Crippen LogP contribution in [0.3, 0.4) is 0 Å². The molecule has 38 heavy (non-hydrogen) atoms. The molecule has 194 valence electrons. The second kappa shape index (κ2) is 10.0. The minimum Gasteiger partial charge on any atom is -0.487 e. The molecular weight excluding hydrogens is 513 g/mol. The van der Waals surface area contributed by atoms with Gasteiger partial charge in [-0.05, 0) is 73.8 Å². The van der Waals surface area contributed by atoms with E-state index in [0.29, 0.717) is 22.5 Å². The number of hydrogen-bond acceptors (Lipinski definition) is 6. The summed E-state index contributed by atoms with van der Waals surface area (Å²) in [5.41, 5.74) is 4.12. The first kappa shape index (κ1) is 25.6. The summed E-state index contributed by atoms with van der Waals surface area (Å²) in [6.07, 6.45) is -1.84. The van der Waals surface area contributed by atoms with Crippen molar-refractivity contribution in [2.24, 2.45) is 0 Å². The Balaban J connectivity index is 1.50. The van der Waals surface area contributed by atoms with Gasteiger partial charge in [-0.1, -0.05) is 12.1 Å². The number of hydrogen-bond donors (Lipinski definition) is 0. The van der Waals surface area contributed by atoms with E-state index in [9.17, 15) is 18.0 Å². The molecule has 0 saturated carbocycles. The third-order valence-electron chi connectivity index (χ3n) is 6.33. The van der Waals surface area contributed by atoms with Crippen molar-refractivity contribution in [3.05, 3.63) is 104 Å². The van der Waals surface area contributed by atoms with Gasteiger partial charge in [0.2, 0.25) is 0 Å². The maximum Gasteiger partial charge on any atom is 0.421 e. The largest absolute Gasteiger partial charge is 0.487 e. The van der Waals surface area contributed by atoms with Crippen molar-refractivity contribution in [1.82, 2.24) is 18.9 Å². The van der Waals surface area contributed by atoms with Crippen molar-refractivity contribution < 1.29 is 17.9 Å². The molecule has 0 atom stereocenters. The summed E-state index contributed by atoms with van der Waals surface area (Å²) >= 11 is 1.40. The summed E-state index contributed by atoms with van der Waals surface area (Å²) in [6, 6.07) is 11.5. The van der Waals surface area contributed by atoms with Crippen LogP contribution in [0.5, 0.6) is 5.75 Å². The molecule has 0 aliphatic rings. The maximum absolute atomic E-state index is 13.3. The van der Waals surface area contributed by atoms with E-state index in [2.05, 4.69) is 9.36 Å². The average molecular weight is 537 g/mol. The summed E-state index contributed by atoms with van der Waals surface area (Å²) in [5, 5.41) is 2.90. The molecule has 0 aliphatic heterocycles. The Hall–Kier alpha value is -4.05. The Morgan fingerprint density at radius 3 is 2.61 bits per heavy atom. The van der Waals surface area contributed by atoms with E-state index < -0.39 is 17.3 Å². The number of para-hydroxylation sites is 1. The van der Waals surface area contributed by atoms with Gasteiger partial charge in [-0.2, -0.15) is 17.5 Å². The second-order valence-electron chi connectivity index (χ2n) is 9.00. The van der Waals surface area contributed by atoms with E-state index in [0.717, 1.165) is 44.1 Å². The zero-order valence-corrected chi connectivity index (χ0v) is 21.7. The fourth-order valence-corrected chi connectivity index (χ4v) is 5.05. The highest BCUT2D eigenvalue weighted by Gasteiger charge is 2.34. The van der Waals surface area contributed by atoms with E-state index in [1.54, 1.807) is 12.3 Å². The lowest BCUT2D eigenvalue weighted by atomic mass is 10.0. The first-order valence-corrected chi connectivity index (χ1v) is 12.6. The molecular formula is C28H23F3N4O2S. The Morgan fingerprint density at radius 2 is 1.87 bits per heavy atom. The van der Waals surface area contributed by atoms with Gasteiger partial charge in [-0.25, -0.2) is 4.98 Å². The summed E-state index contributed by atoms with van der Waals surface area (Å²) in [6.45, 7) is 5.78. The minimum atomic E-state index is -4.73. The van der Waals surface area contributed by atoms with Gasteiger partial charge in [0.25, 0.3) is 5.56 Å². The zero-order chi connectivity index (χ0) is 27.0. The number of halogens is 3. The molecule has 0 spiro atoms. The van der Waals surface area contributed by atoms with Crippen LogP contribution in [0, 0.1) is 20.8 Å². The van der Waals surface area contributed by atoms with Crippen LogP contribution in [-0.2, 0) is 19.3 Å². The van der Waals surface area contributed by atoms with Gasteiger partial charge >= 0.3 is 6.18 Å². The Kier molecular flexibility index (Phi) is 6.75. The number of nitrogens with zero attached hydrogens (tertiary/aromatic N) is 4.